The van der Waals surface area contributed by atoms with E-state index in [2.05, 4.69) is 33.9 Å². The minimum atomic E-state index is -0.541. The highest BCUT2D eigenvalue weighted by Crippen LogP contribution is 2.53. The first-order valence-electron chi connectivity index (χ1n) is 7.95. The Morgan fingerprint density at radius 2 is 1.71 bits per heavy atom. The molecule has 3 nitrogen and oxygen atoms in total. The summed E-state index contributed by atoms with van der Waals surface area (Å²) in [6.07, 6.45) is 5.14. The highest BCUT2D eigenvalue weighted by Gasteiger charge is 2.48. The van der Waals surface area contributed by atoms with Gasteiger partial charge in [0.15, 0.2) is 0 Å². The standard InChI is InChI=1S/C18H32O3/c1-14(11-19)12-21-13-15(2)16(20)18(17(3,4)5)9-7-6-8-10-18/h16,19-20H,1-2,6-13H2,3-5H3. The van der Waals surface area contributed by atoms with E-state index in [-0.39, 0.29) is 17.4 Å². The van der Waals surface area contributed by atoms with E-state index in [1.165, 1.54) is 19.3 Å². The first-order chi connectivity index (χ1) is 9.74. The van der Waals surface area contributed by atoms with E-state index in [0.717, 1.165) is 18.4 Å². The summed E-state index contributed by atoms with van der Waals surface area (Å²) in [5.74, 6) is 0. The molecule has 1 unspecified atom stereocenters. The number of rotatable bonds is 7. The molecule has 1 saturated carbocycles. The van der Waals surface area contributed by atoms with Crippen molar-refractivity contribution in [1.82, 2.24) is 0 Å². The number of ether oxygens (including phenoxy) is 1. The lowest BCUT2D eigenvalue weighted by molar-refractivity contribution is -0.0670. The molecule has 0 aliphatic heterocycles. The van der Waals surface area contributed by atoms with Crippen LogP contribution in [0.5, 0.6) is 0 Å². The normalized spacial score (nSPS) is 20.0. The SMILES string of the molecule is C=C(CO)COCC(=C)C(O)C1(C(C)(C)C)CCCCC1. The molecule has 21 heavy (non-hydrogen) atoms. The molecule has 1 atom stereocenters. The average molecular weight is 296 g/mol. The van der Waals surface area contributed by atoms with Crippen molar-refractivity contribution in [2.24, 2.45) is 10.8 Å². The second kappa shape index (κ2) is 7.57. The van der Waals surface area contributed by atoms with Crippen molar-refractivity contribution in [3.8, 4) is 0 Å². The van der Waals surface area contributed by atoms with Crippen LogP contribution in [-0.2, 0) is 4.74 Å². The maximum Gasteiger partial charge on any atom is 0.0830 e. The van der Waals surface area contributed by atoms with E-state index >= 15 is 0 Å². The molecule has 0 aromatic heterocycles. The van der Waals surface area contributed by atoms with Crippen LogP contribution < -0.4 is 0 Å². The summed E-state index contributed by atoms with van der Waals surface area (Å²) in [5, 5.41) is 19.8. The summed E-state index contributed by atoms with van der Waals surface area (Å²) in [7, 11) is 0. The van der Waals surface area contributed by atoms with Crippen LogP contribution in [0.15, 0.2) is 24.3 Å². The minimum absolute atomic E-state index is 0.0322. The molecule has 1 aliphatic rings. The van der Waals surface area contributed by atoms with Gasteiger partial charge in [-0.05, 0) is 29.4 Å². The van der Waals surface area contributed by atoms with Crippen LogP contribution in [0.3, 0.4) is 0 Å². The van der Waals surface area contributed by atoms with E-state index in [1.54, 1.807) is 0 Å². The third-order valence-corrected chi connectivity index (χ3v) is 4.97. The second-order valence-electron chi connectivity index (χ2n) is 7.43. The van der Waals surface area contributed by atoms with Crippen molar-refractivity contribution in [2.45, 2.75) is 59.0 Å². The van der Waals surface area contributed by atoms with Crippen LogP contribution in [0.4, 0.5) is 0 Å². The van der Waals surface area contributed by atoms with Crippen LogP contribution in [0.2, 0.25) is 0 Å². The minimum Gasteiger partial charge on any atom is -0.392 e. The fourth-order valence-corrected chi connectivity index (χ4v) is 3.46. The van der Waals surface area contributed by atoms with Crippen molar-refractivity contribution in [1.29, 1.82) is 0 Å². The van der Waals surface area contributed by atoms with Gasteiger partial charge in [-0.2, -0.15) is 0 Å². The van der Waals surface area contributed by atoms with E-state index in [0.29, 0.717) is 18.8 Å². The van der Waals surface area contributed by atoms with Gasteiger partial charge >= 0.3 is 0 Å². The molecular weight excluding hydrogens is 264 g/mol. The van der Waals surface area contributed by atoms with Crippen LogP contribution >= 0.6 is 0 Å². The van der Waals surface area contributed by atoms with Crippen molar-refractivity contribution in [2.75, 3.05) is 19.8 Å². The third kappa shape index (κ3) is 4.41. The second-order valence-corrected chi connectivity index (χ2v) is 7.43. The van der Waals surface area contributed by atoms with Crippen molar-refractivity contribution >= 4 is 0 Å². The Morgan fingerprint density at radius 1 is 1.14 bits per heavy atom. The molecule has 0 aromatic rings. The molecule has 2 N–H and O–H groups in total. The Morgan fingerprint density at radius 3 is 2.19 bits per heavy atom. The van der Waals surface area contributed by atoms with Gasteiger partial charge < -0.3 is 14.9 Å². The number of hydrogen-bond donors (Lipinski definition) is 2. The molecule has 0 amide bonds. The summed E-state index contributed by atoms with van der Waals surface area (Å²) in [4.78, 5) is 0. The van der Waals surface area contributed by atoms with Crippen molar-refractivity contribution < 1.29 is 14.9 Å². The molecule has 1 fully saturated rings. The predicted molar refractivity (Wildman–Crippen MR) is 87.2 cm³/mol. The summed E-state index contributed by atoms with van der Waals surface area (Å²) in [5.41, 5.74) is 1.29. The predicted octanol–water partition coefficient (Wildman–Crippen LogP) is 3.47. The highest BCUT2D eigenvalue weighted by atomic mass is 16.5. The quantitative estimate of drug-likeness (QED) is 0.707. The fraction of sp³-hybridized carbons (Fsp3) is 0.778. The number of aliphatic hydroxyl groups is 2. The molecule has 0 heterocycles. The molecule has 1 aliphatic carbocycles. The average Bonchev–Trinajstić information content (AvgIpc) is 2.45. The maximum atomic E-state index is 10.9. The zero-order valence-electron chi connectivity index (χ0n) is 14.0. The molecule has 3 heteroatoms. The molecule has 0 spiro atoms. The molecule has 1 rings (SSSR count). The lowest BCUT2D eigenvalue weighted by Gasteiger charge is -2.51. The maximum absolute atomic E-state index is 10.9. The van der Waals surface area contributed by atoms with E-state index in [4.69, 9.17) is 9.84 Å². The lowest BCUT2D eigenvalue weighted by atomic mass is 9.55. The summed E-state index contributed by atoms with van der Waals surface area (Å²) in [6.45, 7) is 14.9. The number of aliphatic hydroxyl groups excluding tert-OH is 2. The topological polar surface area (TPSA) is 49.7 Å². The Kier molecular flexibility index (Phi) is 6.64. The Hall–Kier alpha value is -0.640. The lowest BCUT2D eigenvalue weighted by Crippen LogP contribution is -2.48. The van der Waals surface area contributed by atoms with Gasteiger partial charge in [0.05, 0.1) is 25.9 Å². The molecule has 0 radical (unpaired) electrons. The van der Waals surface area contributed by atoms with E-state index in [1.807, 2.05) is 0 Å². The van der Waals surface area contributed by atoms with Crippen LogP contribution in [0.25, 0.3) is 0 Å². The van der Waals surface area contributed by atoms with Crippen LogP contribution in [0, 0.1) is 10.8 Å². The van der Waals surface area contributed by atoms with Gasteiger partial charge in [-0.1, -0.05) is 53.2 Å². The van der Waals surface area contributed by atoms with Crippen molar-refractivity contribution in [3.63, 3.8) is 0 Å². The van der Waals surface area contributed by atoms with Crippen LogP contribution in [0.1, 0.15) is 52.9 Å². The van der Waals surface area contributed by atoms with Gasteiger partial charge in [0, 0.05) is 5.41 Å². The van der Waals surface area contributed by atoms with E-state index in [9.17, 15) is 5.11 Å². The highest BCUT2D eigenvalue weighted by molar-refractivity contribution is 5.13. The van der Waals surface area contributed by atoms with Crippen molar-refractivity contribution in [3.05, 3.63) is 24.3 Å². The fourth-order valence-electron chi connectivity index (χ4n) is 3.46. The zero-order chi connectivity index (χ0) is 16.1. The monoisotopic (exact) mass is 296 g/mol. The first kappa shape index (κ1) is 18.4. The molecule has 122 valence electrons. The summed E-state index contributed by atoms with van der Waals surface area (Å²) in [6, 6.07) is 0. The summed E-state index contributed by atoms with van der Waals surface area (Å²) >= 11 is 0. The molecule has 0 bridgehead atoms. The first-order valence-corrected chi connectivity index (χ1v) is 7.95. The van der Waals surface area contributed by atoms with Gasteiger partial charge in [0.2, 0.25) is 0 Å². The molecule has 0 saturated heterocycles. The zero-order valence-corrected chi connectivity index (χ0v) is 14.0. The van der Waals surface area contributed by atoms with E-state index < -0.39 is 6.10 Å². The van der Waals surface area contributed by atoms with Gasteiger partial charge in [-0.3, -0.25) is 0 Å². The molecular formula is C18H32O3. The van der Waals surface area contributed by atoms with Gasteiger partial charge in [-0.25, -0.2) is 0 Å². The Labute approximate surface area is 129 Å². The van der Waals surface area contributed by atoms with Gasteiger partial charge in [0.1, 0.15) is 0 Å². The third-order valence-electron chi connectivity index (χ3n) is 4.97. The summed E-state index contributed by atoms with van der Waals surface area (Å²) < 4.78 is 5.50. The smallest absolute Gasteiger partial charge is 0.0830 e. The van der Waals surface area contributed by atoms with Crippen LogP contribution in [-0.4, -0.2) is 36.1 Å². The Bertz CT molecular complexity index is 359. The Balaban J connectivity index is 2.70. The molecule has 0 aromatic carbocycles. The van der Waals surface area contributed by atoms with Gasteiger partial charge in [0.25, 0.3) is 0 Å². The van der Waals surface area contributed by atoms with Gasteiger partial charge in [-0.15, -0.1) is 0 Å². The largest absolute Gasteiger partial charge is 0.392 e. The number of hydrogen-bond acceptors (Lipinski definition) is 3.